The van der Waals surface area contributed by atoms with E-state index in [2.05, 4.69) is 5.32 Å². The Hall–Kier alpha value is -2.36. The summed E-state index contributed by atoms with van der Waals surface area (Å²) in [5.41, 5.74) is 2.56. The number of carbonyl (C=O) groups is 1. The SMILES string of the molecule is Cc1cccc(NC(=O)COc2cc(F)ccc2C)c1. The third-order valence-corrected chi connectivity index (χ3v) is 2.81. The molecular weight excluding hydrogens is 257 g/mol. The highest BCUT2D eigenvalue weighted by atomic mass is 19.1. The maximum absolute atomic E-state index is 13.1. The van der Waals surface area contributed by atoms with Crippen molar-refractivity contribution >= 4 is 11.6 Å². The Labute approximate surface area is 117 Å². The van der Waals surface area contributed by atoms with E-state index in [0.717, 1.165) is 16.8 Å². The van der Waals surface area contributed by atoms with Gasteiger partial charge < -0.3 is 10.1 Å². The summed E-state index contributed by atoms with van der Waals surface area (Å²) in [6, 6.07) is 11.7. The van der Waals surface area contributed by atoms with Crippen LogP contribution in [0.2, 0.25) is 0 Å². The van der Waals surface area contributed by atoms with Crippen molar-refractivity contribution in [3.63, 3.8) is 0 Å². The monoisotopic (exact) mass is 273 g/mol. The number of nitrogens with one attached hydrogen (secondary N) is 1. The second kappa shape index (κ2) is 6.19. The van der Waals surface area contributed by atoms with E-state index in [1.165, 1.54) is 12.1 Å². The number of ether oxygens (including phenoxy) is 1. The third-order valence-electron chi connectivity index (χ3n) is 2.81. The zero-order chi connectivity index (χ0) is 14.5. The number of halogens is 1. The molecule has 0 saturated heterocycles. The largest absolute Gasteiger partial charge is 0.483 e. The van der Waals surface area contributed by atoms with Gasteiger partial charge in [-0.1, -0.05) is 18.2 Å². The maximum atomic E-state index is 13.1. The Balaban J connectivity index is 1.94. The van der Waals surface area contributed by atoms with Crippen LogP contribution in [0.15, 0.2) is 42.5 Å². The fraction of sp³-hybridized carbons (Fsp3) is 0.188. The third kappa shape index (κ3) is 3.82. The minimum absolute atomic E-state index is 0.155. The topological polar surface area (TPSA) is 38.3 Å². The van der Waals surface area contributed by atoms with Crippen LogP contribution in [0.3, 0.4) is 0 Å². The predicted molar refractivity (Wildman–Crippen MR) is 76.4 cm³/mol. The van der Waals surface area contributed by atoms with Gasteiger partial charge >= 0.3 is 0 Å². The van der Waals surface area contributed by atoms with E-state index >= 15 is 0 Å². The number of benzene rings is 2. The molecule has 0 fully saturated rings. The first-order valence-electron chi connectivity index (χ1n) is 6.30. The van der Waals surface area contributed by atoms with E-state index in [0.29, 0.717) is 5.75 Å². The van der Waals surface area contributed by atoms with Crippen LogP contribution in [0.25, 0.3) is 0 Å². The molecule has 0 aromatic heterocycles. The number of amides is 1. The Morgan fingerprint density at radius 1 is 1.20 bits per heavy atom. The molecule has 0 saturated carbocycles. The standard InChI is InChI=1S/C16H16FNO2/c1-11-4-3-5-14(8-11)18-16(19)10-20-15-9-13(17)7-6-12(15)2/h3-9H,10H2,1-2H3,(H,18,19). The van der Waals surface area contributed by atoms with Crippen molar-refractivity contribution in [1.29, 1.82) is 0 Å². The summed E-state index contributed by atoms with van der Waals surface area (Å²) >= 11 is 0. The molecule has 0 radical (unpaired) electrons. The zero-order valence-electron chi connectivity index (χ0n) is 11.4. The Kier molecular flexibility index (Phi) is 4.35. The average molecular weight is 273 g/mol. The minimum atomic E-state index is -0.385. The first-order valence-corrected chi connectivity index (χ1v) is 6.30. The van der Waals surface area contributed by atoms with E-state index in [1.54, 1.807) is 19.1 Å². The van der Waals surface area contributed by atoms with Gasteiger partial charge in [-0.2, -0.15) is 0 Å². The molecule has 0 aliphatic carbocycles. The maximum Gasteiger partial charge on any atom is 0.262 e. The molecule has 1 amide bonds. The first-order chi connectivity index (χ1) is 9.54. The number of rotatable bonds is 4. The van der Waals surface area contributed by atoms with Crippen LogP contribution in [0.1, 0.15) is 11.1 Å². The van der Waals surface area contributed by atoms with Crippen molar-refractivity contribution in [2.75, 3.05) is 11.9 Å². The number of hydrogen-bond acceptors (Lipinski definition) is 2. The van der Waals surface area contributed by atoms with Crippen LogP contribution < -0.4 is 10.1 Å². The van der Waals surface area contributed by atoms with Gasteiger partial charge in [-0.25, -0.2) is 4.39 Å². The molecule has 104 valence electrons. The van der Waals surface area contributed by atoms with Crippen LogP contribution in [0.4, 0.5) is 10.1 Å². The summed E-state index contributed by atoms with van der Waals surface area (Å²) in [5.74, 6) is -0.284. The highest BCUT2D eigenvalue weighted by molar-refractivity contribution is 5.91. The quantitative estimate of drug-likeness (QED) is 0.926. The van der Waals surface area contributed by atoms with Crippen molar-refractivity contribution < 1.29 is 13.9 Å². The molecule has 0 bridgehead atoms. The van der Waals surface area contributed by atoms with Crippen LogP contribution in [0, 0.1) is 19.7 Å². The summed E-state index contributed by atoms with van der Waals surface area (Å²) in [5, 5.41) is 2.73. The molecule has 0 spiro atoms. The Morgan fingerprint density at radius 3 is 2.75 bits per heavy atom. The molecule has 3 nitrogen and oxygen atoms in total. The van der Waals surface area contributed by atoms with Crippen molar-refractivity contribution in [1.82, 2.24) is 0 Å². The summed E-state index contributed by atoms with van der Waals surface area (Å²) in [4.78, 5) is 11.8. The summed E-state index contributed by atoms with van der Waals surface area (Å²) in [7, 11) is 0. The fourth-order valence-electron chi connectivity index (χ4n) is 1.79. The molecule has 20 heavy (non-hydrogen) atoms. The summed E-state index contributed by atoms with van der Waals surface area (Å²) in [6.45, 7) is 3.59. The lowest BCUT2D eigenvalue weighted by Gasteiger charge is -2.10. The van der Waals surface area contributed by atoms with E-state index in [-0.39, 0.29) is 18.3 Å². The lowest BCUT2D eigenvalue weighted by Crippen LogP contribution is -2.20. The highest BCUT2D eigenvalue weighted by Gasteiger charge is 2.06. The Morgan fingerprint density at radius 2 is 2.00 bits per heavy atom. The molecule has 2 aromatic rings. The smallest absolute Gasteiger partial charge is 0.262 e. The van der Waals surface area contributed by atoms with Gasteiger partial charge in [0.25, 0.3) is 5.91 Å². The predicted octanol–water partition coefficient (Wildman–Crippen LogP) is 3.46. The average Bonchev–Trinajstić information content (AvgIpc) is 2.40. The van der Waals surface area contributed by atoms with Crippen LogP contribution >= 0.6 is 0 Å². The Bertz CT molecular complexity index is 626. The van der Waals surface area contributed by atoms with E-state index < -0.39 is 0 Å². The van der Waals surface area contributed by atoms with Gasteiger partial charge in [0.05, 0.1) is 0 Å². The number of carbonyl (C=O) groups excluding carboxylic acids is 1. The molecule has 4 heteroatoms. The van der Waals surface area contributed by atoms with Gasteiger partial charge in [-0.05, 0) is 43.2 Å². The second-order valence-electron chi connectivity index (χ2n) is 4.62. The summed E-state index contributed by atoms with van der Waals surface area (Å²) in [6.07, 6.45) is 0. The van der Waals surface area contributed by atoms with E-state index in [9.17, 15) is 9.18 Å². The molecular formula is C16H16FNO2. The van der Waals surface area contributed by atoms with Gasteiger partial charge in [0.15, 0.2) is 6.61 Å². The molecule has 0 heterocycles. The molecule has 0 unspecified atom stereocenters. The zero-order valence-corrected chi connectivity index (χ0v) is 11.4. The van der Waals surface area contributed by atoms with Crippen LogP contribution in [-0.4, -0.2) is 12.5 Å². The lowest BCUT2D eigenvalue weighted by atomic mass is 10.2. The highest BCUT2D eigenvalue weighted by Crippen LogP contribution is 2.18. The molecule has 1 N–H and O–H groups in total. The second-order valence-corrected chi connectivity index (χ2v) is 4.62. The van der Waals surface area contributed by atoms with Gasteiger partial charge in [0.2, 0.25) is 0 Å². The molecule has 2 rings (SSSR count). The molecule has 0 aliphatic heterocycles. The fourth-order valence-corrected chi connectivity index (χ4v) is 1.79. The van der Waals surface area contributed by atoms with Crippen molar-refractivity contribution in [3.8, 4) is 5.75 Å². The molecule has 0 aliphatic rings. The van der Waals surface area contributed by atoms with Gasteiger partial charge in [0.1, 0.15) is 11.6 Å². The van der Waals surface area contributed by atoms with Gasteiger partial charge in [0, 0.05) is 11.8 Å². The van der Waals surface area contributed by atoms with E-state index in [4.69, 9.17) is 4.74 Å². The minimum Gasteiger partial charge on any atom is -0.483 e. The molecule has 0 atom stereocenters. The molecule has 2 aromatic carbocycles. The lowest BCUT2D eigenvalue weighted by molar-refractivity contribution is -0.118. The van der Waals surface area contributed by atoms with E-state index in [1.807, 2.05) is 25.1 Å². The van der Waals surface area contributed by atoms with Crippen molar-refractivity contribution in [2.45, 2.75) is 13.8 Å². The number of hydrogen-bond donors (Lipinski definition) is 1. The summed E-state index contributed by atoms with van der Waals surface area (Å²) < 4.78 is 18.4. The number of aryl methyl sites for hydroxylation is 2. The normalized spacial score (nSPS) is 10.2. The first kappa shape index (κ1) is 14.1. The van der Waals surface area contributed by atoms with Crippen molar-refractivity contribution in [2.24, 2.45) is 0 Å². The van der Waals surface area contributed by atoms with Crippen molar-refractivity contribution in [3.05, 3.63) is 59.4 Å². The van der Waals surface area contributed by atoms with Gasteiger partial charge in [-0.3, -0.25) is 4.79 Å². The van der Waals surface area contributed by atoms with Gasteiger partial charge in [-0.15, -0.1) is 0 Å². The van der Waals surface area contributed by atoms with Crippen LogP contribution in [0.5, 0.6) is 5.75 Å². The number of anilines is 1. The van der Waals surface area contributed by atoms with Crippen LogP contribution in [-0.2, 0) is 4.79 Å².